The maximum Gasteiger partial charge on any atom is 0.184 e. The Balaban J connectivity index is 2.44. The van der Waals surface area contributed by atoms with Crippen LogP contribution in [-0.2, 0) is 6.61 Å². The van der Waals surface area contributed by atoms with Crippen LogP contribution in [0.1, 0.15) is 5.82 Å². The first kappa shape index (κ1) is 8.71. The zero-order chi connectivity index (χ0) is 9.97. The minimum Gasteiger partial charge on any atom is -0.507 e. The highest BCUT2D eigenvalue weighted by Crippen LogP contribution is 2.25. The van der Waals surface area contributed by atoms with E-state index in [0.29, 0.717) is 17.2 Å². The van der Waals surface area contributed by atoms with E-state index in [2.05, 4.69) is 15.2 Å². The van der Waals surface area contributed by atoms with Crippen molar-refractivity contribution in [3.05, 3.63) is 30.1 Å². The van der Waals surface area contributed by atoms with Gasteiger partial charge < -0.3 is 10.2 Å². The Labute approximate surface area is 80.1 Å². The van der Waals surface area contributed by atoms with E-state index in [0.717, 1.165) is 0 Å². The number of hydrogen-bond acceptors (Lipinski definition) is 4. The number of aromatic amines is 1. The van der Waals surface area contributed by atoms with Crippen molar-refractivity contribution < 1.29 is 10.2 Å². The van der Waals surface area contributed by atoms with Crippen LogP contribution < -0.4 is 0 Å². The molecule has 0 amide bonds. The Morgan fingerprint density at radius 3 is 2.71 bits per heavy atom. The number of phenolic OH excluding ortho intramolecular Hbond substituents is 1. The lowest BCUT2D eigenvalue weighted by molar-refractivity contribution is 0.272. The number of nitrogens with one attached hydrogen (secondary N) is 1. The van der Waals surface area contributed by atoms with Crippen LogP contribution in [0, 0.1) is 0 Å². The van der Waals surface area contributed by atoms with Crippen molar-refractivity contribution in [1.82, 2.24) is 15.2 Å². The summed E-state index contributed by atoms with van der Waals surface area (Å²) in [5.41, 5.74) is 0.545. The van der Waals surface area contributed by atoms with Gasteiger partial charge >= 0.3 is 0 Å². The second kappa shape index (κ2) is 3.47. The van der Waals surface area contributed by atoms with Crippen LogP contribution in [0.25, 0.3) is 11.4 Å². The summed E-state index contributed by atoms with van der Waals surface area (Å²) in [7, 11) is 0. The molecule has 0 aliphatic rings. The van der Waals surface area contributed by atoms with Crippen LogP contribution in [0.5, 0.6) is 5.75 Å². The number of aromatic nitrogens is 3. The molecular weight excluding hydrogens is 182 g/mol. The standard InChI is InChI=1S/C9H9N3O2/c13-5-8-10-9(12-11-8)6-3-1-2-4-7(6)14/h1-4,13-14H,5H2,(H,10,11,12). The van der Waals surface area contributed by atoms with E-state index in [1.54, 1.807) is 24.3 Å². The number of aliphatic hydroxyl groups excluding tert-OH is 1. The summed E-state index contributed by atoms with van der Waals surface area (Å²) in [6.07, 6.45) is 0. The van der Waals surface area contributed by atoms with E-state index in [1.807, 2.05) is 0 Å². The number of H-pyrrole nitrogens is 1. The molecule has 0 unspecified atom stereocenters. The van der Waals surface area contributed by atoms with Crippen molar-refractivity contribution in [1.29, 1.82) is 0 Å². The monoisotopic (exact) mass is 191 g/mol. The maximum absolute atomic E-state index is 9.49. The summed E-state index contributed by atoms with van der Waals surface area (Å²) in [6, 6.07) is 6.77. The van der Waals surface area contributed by atoms with E-state index < -0.39 is 0 Å². The van der Waals surface area contributed by atoms with E-state index in [1.165, 1.54) is 0 Å². The molecule has 0 saturated heterocycles. The van der Waals surface area contributed by atoms with Crippen molar-refractivity contribution in [2.45, 2.75) is 6.61 Å². The van der Waals surface area contributed by atoms with E-state index >= 15 is 0 Å². The summed E-state index contributed by atoms with van der Waals surface area (Å²) in [5.74, 6) is 0.881. The highest BCUT2D eigenvalue weighted by Gasteiger charge is 2.08. The van der Waals surface area contributed by atoms with Gasteiger partial charge in [0.25, 0.3) is 0 Å². The van der Waals surface area contributed by atoms with Gasteiger partial charge in [-0.3, -0.25) is 5.10 Å². The molecule has 1 aromatic carbocycles. The highest BCUT2D eigenvalue weighted by molar-refractivity contribution is 5.62. The molecule has 0 radical (unpaired) electrons. The van der Waals surface area contributed by atoms with Gasteiger partial charge in [-0.2, -0.15) is 5.10 Å². The molecule has 0 bridgehead atoms. The minimum atomic E-state index is -0.194. The maximum atomic E-state index is 9.49. The van der Waals surface area contributed by atoms with Gasteiger partial charge in [-0.05, 0) is 12.1 Å². The smallest absolute Gasteiger partial charge is 0.184 e. The number of hydrogen-bond donors (Lipinski definition) is 3. The fourth-order valence-corrected chi connectivity index (χ4v) is 1.15. The molecule has 5 nitrogen and oxygen atoms in total. The Morgan fingerprint density at radius 2 is 2.07 bits per heavy atom. The Hall–Kier alpha value is -1.88. The van der Waals surface area contributed by atoms with Crippen LogP contribution in [0.15, 0.2) is 24.3 Å². The Morgan fingerprint density at radius 1 is 1.29 bits per heavy atom. The molecule has 1 aromatic heterocycles. The van der Waals surface area contributed by atoms with Gasteiger partial charge in [-0.1, -0.05) is 12.1 Å². The molecule has 0 aliphatic carbocycles. The highest BCUT2D eigenvalue weighted by atomic mass is 16.3. The van der Waals surface area contributed by atoms with Crippen LogP contribution in [-0.4, -0.2) is 25.4 Å². The molecule has 0 fully saturated rings. The number of aliphatic hydroxyl groups is 1. The number of phenols is 1. The number of para-hydroxylation sites is 1. The molecule has 14 heavy (non-hydrogen) atoms. The summed E-state index contributed by atoms with van der Waals surface area (Å²) in [4.78, 5) is 3.98. The average Bonchev–Trinajstić information content (AvgIpc) is 2.67. The number of nitrogens with zero attached hydrogens (tertiary/aromatic N) is 2. The molecule has 5 heteroatoms. The fraction of sp³-hybridized carbons (Fsp3) is 0.111. The molecule has 0 saturated carbocycles. The Kier molecular flexibility index (Phi) is 2.16. The van der Waals surface area contributed by atoms with Gasteiger partial charge in [0.2, 0.25) is 0 Å². The number of aromatic hydroxyl groups is 1. The predicted octanol–water partition coefficient (Wildman–Crippen LogP) is 0.670. The first-order chi connectivity index (χ1) is 6.81. The fourth-order valence-electron chi connectivity index (χ4n) is 1.15. The lowest BCUT2D eigenvalue weighted by Crippen LogP contribution is -1.85. The zero-order valence-corrected chi connectivity index (χ0v) is 7.31. The van der Waals surface area contributed by atoms with Crippen LogP contribution >= 0.6 is 0 Å². The molecule has 0 atom stereocenters. The molecule has 0 aliphatic heterocycles. The van der Waals surface area contributed by atoms with Gasteiger partial charge in [-0.25, -0.2) is 4.98 Å². The minimum absolute atomic E-state index is 0.121. The first-order valence-electron chi connectivity index (χ1n) is 4.12. The van der Waals surface area contributed by atoms with Crippen LogP contribution in [0.2, 0.25) is 0 Å². The van der Waals surface area contributed by atoms with Gasteiger partial charge in [0.05, 0.1) is 5.56 Å². The molecule has 0 spiro atoms. The Bertz CT molecular complexity index is 439. The zero-order valence-electron chi connectivity index (χ0n) is 7.31. The van der Waals surface area contributed by atoms with Gasteiger partial charge in [-0.15, -0.1) is 0 Å². The van der Waals surface area contributed by atoms with E-state index in [-0.39, 0.29) is 12.4 Å². The molecule has 1 heterocycles. The third kappa shape index (κ3) is 1.45. The van der Waals surface area contributed by atoms with Crippen molar-refractivity contribution in [3.63, 3.8) is 0 Å². The molecule has 3 N–H and O–H groups in total. The van der Waals surface area contributed by atoms with Gasteiger partial charge in [0, 0.05) is 0 Å². The molecule has 2 rings (SSSR count). The normalized spacial score (nSPS) is 10.4. The predicted molar refractivity (Wildman–Crippen MR) is 49.4 cm³/mol. The summed E-state index contributed by atoms with van der Waals surface area (Å²) in [5, 5.41) is 24.7. The lowest BCUT2D eigenvalue weighted by atomic mass is 10.2. The summed E-state index contributed by atoms with van der Waals surface area (Å²) >= 11 is 0. The quantitative estimate of drug-likeness (QED) is 0.651. The third-order valence-corrected chi connectivity index (χ3v) is 1.83. The average molecular weight is 191 g/mol. The lowest BCUT2D eigenvalue weighted by Gasteiger charge is -1.97. The molecular formula is C9H9N3O2. The molecule has 2 aromatic rings. The van der Waals surface area contributed by atoms with Crippen molar-refractivity contribution in [2.24, 2.45) is 0 Å². The largest absolute Gasteiger partial charge is 0.507 e. The van der Waals surface area contributed by atoms with Crippen molar-refractivity contribution in [2.75, 3.05) is 0 Å². The van der Waals surface area contributed by atoms with Crippen LogP contribution in [0.3, 0.4) is 0 Å². The van der Waals surface area contributed by atoms with Crippen molar-refractivity contribution >= 4 is 0 Å². The second-order valence-corrected chi connectivity index (χ2v) is 2.78. The van der Waals surface area contributed by atoms with Crippen molar-refractivity contribution in [3.8, 4) is 17.1 Å². The third-order valence-electron chi connectivity index (χ3n) is 1.83. The second-order valence-electron chi connectivity index (χ2n) is 2.78. The van der Waals surface area contributed by atoms with Gasteiger partial charge in [0.15, 0.2) is 11.6 Å². The van der Waals surface area contributed by atoms with Crippen LogP contribution in [0.4, 0.5) is 0 Å². The topological polar surface area (TPSA) is 82.0 Å². The SMILES string of the molecule is OCc1nc(-c2ccccc2O)n[nH]1. The molecule has 72 valence electrons. The summed E-state index contributed by atoms with van der Waals surface area (Å²) < 4.78 is 0. The number of benzene rings is 1. The first-order valence-corrected chi connectivity index (χ1v) is 4.12. The van der Waals surface area contributed by atoms with Gasteiger partial charge in [0.1, 0.15) is 12.4 Å². The van der Waals surface area contributed by atoms with E-state index in [9.17, 15) is 5.11 Å². The van der Waals surface area contributed by atoms with E-state index in [4.69, 9.17) is 5.11 Å². The summed E-state index contributed by atoms with van der Waals surface area (Å²) in [6.45, 7) is -0.194. The number of rotatable bonds is 2.